The number of hydrogen-bond acceptors (Lipinski definition) is 6. The van der Waals surface area contributed by atoms with Crippen molar-refractivity contribution in [3.8, 4) is 0 Å². The van der Waals surface area contributed by atoms with Crippen LogP contribution in [0, 0.1) is 22.7 Å². The van der Waals surface area contributed by atoms with Crippen molar-refractivity contribution in [2.75, 3.05) is 6.61 Å². The molecule has 1 heterocycles. The van der Waals surface area contributed by atoms with Crippen LogP contribution in [-0.4, -0.2) is 58.0 Å². The van der Waals surface area contributed by atoms with E-state index in [9.17, 15) is 9.90 Å². The molecule has 0 unspecified atom stereocenters. The number of aliphatic hydroxyl groups is 1. The molecule has 1 aliphatic heterocycles. The largest absolute Gasteiger partial charge is 0.484 e. The predicted octanol–water partition coefficient (Wildman–Crippen LogP) is 4.74. The van der Waals surface area contributed by atoms with E-state index < -0.39 is 63.9 Å². The van der Waals surface area contributed by atoms with E-state index in [0.29, 0.717) is 13.0 Å². The van der Waals surface area contributed by atoms with Crippen LogP contribution in [0.3, 0.4) is 0 Å². The zero-order valence-electron chi connectivity index (χ0n) is 20.0. The summed E-state index contributed by atoms with van der Waals surface area (Å²) in [4.78, 5) is 12.2. The van der Waals surface area contributed by atoms with Crippen LogP contribution in [0.1, 0.15) is 53.9 Å². The quantitative estimate of drug-likeness (QED) is 0.535. The minimum Gasteiger partial charge on any atom is -0.484 e. The monoisotopic (exact) mass is 516 g/mol. The summed E-state index contributed by atoms with van der Waals surface area (Å²) < 4.78 is 51.7. The molecule has 34 heavy (non-hydrogen) atoms. The van der Waals surface area contributed by atoms with Crippen molar-refractivity contribution < 1.29 is 32.9 Å². The Kier molecular flexibility index (Phi) is 5.32. The lowest BCUT2D eigenvalue weighted by Crippen LogP contribution is -2.71. The number of halogens is 3. The van der Waals surface area contributed by atoms with Gasteiger partial charge in [0.2, 0.25) is 0 Å². The second kappa shape index (κ2) is 7.31. The molecular weight excluding hydrogens is 486 g/mol. The van der Waals surface area contributed by atoms with Gasteiger partial charge in [-0.25, -0.2) is 8.78 Å². The van der Waals surface area contributed by atoms with Gasteiger partial charge in [0, 0.05) is 16.7 Å². The number of hydrogen-bond donors (Lipinski definition) is 1. The number of ether oxygens (including phenoxy) is 3. The first-order valence-electron chi connectivity index (χ1n) is 11.9. The maximum absolute atomic E-state index is 17.4. The summed E-state index contributed by atoms with van der Waals surface area (Å²) in [5, 5.41) is 11.5. The molecule has 1 N–H and O–H groups in total. The Labute approximate surface area is 208 Å². The third-order valence-corrected chi connectivity index (χ3v) is 10.1. The molecule has 5 aliphatic rings. The number of rotatable bonds is 2. The van der Waals surface area contributed by atoms with Crippen molar-refractivity contribution in [1.29, 1.82) is 0 Å². The third kappa shape index (κ3) is 2.70. The molecule has 0 spiro atoms. The molecule has 4 aliphatic carbocycles. The van der Waals surface area contributed by atoms with Crippen LogP contribution in [0.4, 0.5) is 8.78 Å². The number of carbonyl (C=O) groups is 1. The van der Waals surface area contributed by atoms with Crippen molar-refractivity contribution in [1.82, 2.24) is 0 Å². The first-order valence-corrected chi connectivity index (χ1v) is 12.7. The van der Waals surface area contributed by atoms with Gasteiger partial charge in [0.1, 0.15) is 6.17 Å². The molecule has 3 saturated carbocycles. The summed E-state index contributed by atoms with van der Waals surface area (Å²) in [6, 6.07) is 0. The van der Waals surface area contributed by atoms with Crippen LogP contribution >= 0.6 is 23.8 Å². The second-order valence-electron chi connectivity index (χ2n) is 11.2. The van der Waals surface area contributed by atoms with Crippen LogP contribution in [0.25, 0.3) is 0 Å². The van der Waals surface area contributed by atoms with Gasteiger partial charge >= 0.3 is 0 Å². The summed E-state index contributed by atoms with van der Waals surface area (Å²) in [5.74, 6) is -2.79. The number of allylic oxidation sites excluding steroid dienone is 4. The Morgan fingerprint density at radius 1 is 1.29 bits per heavy atom. The maximum Gasteiger partial charge on any atom is 0.196 e. The van der Waals surface area contributed by atoms with Gasteiger partial charge in [-0.1, -0.05) is 24.6 Å². The van der Waals surface area contributed by atoms with Gasteiger partial charge in [0.25, 0.3) is 0 Å². The second-order valence-corrected chi connectivity index (χ2v) is 12.0. The number of carbonyl (C=O) groups excluding carboxylic acids is 1. The molecule has 5 rings (SSSR count). The van der Waals surface area contributed by atoms with Gasteiger partial charge in [-0.3, -0.25) is 4.79 Å². The molecule has 5 nitrogen and oxygen atoms in total. The minimum absolute atomic E-state index is 0.00699. The zero-order valence-corrected chi connectivity index (χ0v) is 21.6. The van der Waals surface area contributed by atoms with E-state index in [4.69, 9.17) is 38.0 Å². The number of ketones is 1. The molecule has 0 radical (unpaired) electrons. The molecule has 0 aromatic carbocycles. The summed E-state index contributed by atoms with van der Waals surface area (Å²) in [5.41, 5.74) is -5.93. The summed E-state index contributed by atoms with van der Waals surface area (Å²) in [6.45, 7) is 9.18. The van der Waals surface area contributed by atoms with Crippen LogP contribution in [0.15, 0.2) is 22.8 Å². The zero-order chi connectivity index (χ0) is 25.1. The third-order valence-electron chi connectivity index (χ3n) is 9.28. The molecule has 0 aromatic heterocycles. The highest BCUT2D eigenvalue weighted by Crippen LogP contribution is 2.73. The van der Waals surface area contributed by atoms with Gasteiger partial charge in [-0.05, 0) is 76.7 Å². The minimum atomic E-state index is -2.24. The Morgan fingerprint density at radius 3 is 2.62 bits per heavy atom. The van der Waals surface area contributed by atoms with Gasteiger partial charge < -0.3 is 19.3 Å². The summed E-state index contributed by atoms with van der Waals surface area (Å²) >= 11 is 11.9. The Bertz CT molecular complexity index is 1030. The lowest BCUT2D eigenvalue weighted by Gasteiger charge is -2.63. The van der Waals surface area contributed by atoms with Gasteiger partial charge in [-0.2, -0.15) is 0 Å². The molecule has 9 atom stereocenters. The number of aliphatic hydroxyl groups excluding tert-OH is 1. The van der Waals surface area contributed by atoms with Crippen molar-refractivity contribution in [2.45, 2.75) is 89.3 Å². The normalized spacial score (nSPS) is 51.0. The summed E-state index contributed by atoms with van der Waals surface area (Å²) in [7, 11) is 0. The molecule has 1 saturated heterocycles. The Hall–Kier alpha value is -0.930. The molecule has 0 aromatic rings. The number of thiocarbonyl (C=S) groups is 1. The van der Waals surface area contributed by atoms with Gasteiger partial charge in [-0.15, -0.1) is 0 Å². The molecule has 0 bridgehead atoms. The molecule has 0 amide bonds. The van der Waals surface area contributed by atoms with Crippen LogP contribution in [0.5, 0.6) is 0 Å². The molecular formula is C25H31ClF2O5S. The smallest absolute Gasteiger partial charge is 0.196 e. The van der Waals surface area contributed by atoms with E-state index in [1.54, 1.807) is 13.8 Å². The number of fused-ring (bicyclic) bond motifs is 7. The maximum atomic E-state index is 17.4. The SMILES string of the molecule is CCOC(=S)[C@@]12OC(C)(C)O[C@@H]1C[C@H]1[C@@H]3C[C@H](F)C4=C(Cl)C(=O)C=C[C@]4(C)[C@@]3(F)[C@@H](O)C[C@@]12C. The van der Waals surface area contributed by atoms with Crippen molar-refractivity contribution >= 4 is 34.7 Å². The van der Waals surface area contributed by atoms with Crippen LogP contribution in [-0.2, 0) is 19.0 Å². The van der Waals surface area contributed by atoms with Crippen molar-refractivity contribution in [3.63, 3.8) is 0 Å². The van der Waals surface area contributed by atoms with Crippen molar-refractivity contribution in [2.24, 2.45) is 22.7 Å². The number of alkyl halides is 2. The fourth-order valence-corrected chi connectivity index (χ4v) is 8.89. The van der Waals surface area contributed by atoms with E-state index >= 15 is 8.78 Å². The van der Waals surface area contributed by atoms with E-state index in [1.807, 2.05) is 13.8 Å². The fourth-order valence-electron chi connectivity index (χ4n) is 7.98. The van der Waals surface area contributed by atoms with Crippen molar-refractivity contribution in [3.05, 3.63) is 22.8 Å². The van der Waals surface area contributed by atoms with Gasteiger partial charge in [0.05, 0.1) is 23.8 Å². The Balaban J connectivity index is 1.66. The Morgan fingerprint density at radius 2 is 1.97 bits per heavy atom. The summed E-state index contributed by atoms with van der Waals surface area (Å²) in [6.07, 6.45) is -0.879. The van der Waals surface area contributed by atoms with Crippen LogP contribution in [0.2, 0.25) is 0 Å². The topological polar surface area (TPSA) is 65.0 Å². The molecule has 9 heteroatoms. The fraction of sp³-hybridized carbons (Fsp3) is 0.760. The highest BCUT2D eigenvalue weighted by molar-refractivity contribution is 7.80. The first kappa shape index (κ1) is 24.8. The average Bonchev–Trinajstić information content (AvgIpc) is 3.14. The van der Waals surface area contributed by atoms with E-state index in [0.717, 1.165) is 0 Å². The standard InChI is InChI=1S/C25H31ClF2O5S/c1-6-31-20(34)25-17(32-21(2,3)33-25)10-12-13-9-14(27)18-19(26)15(29)7-8-22(18,4)24(13,28)16(30)11-23(12,25)5/h7-8,12-14,16-17,30H,6,9-11H2,1-5H3/t12-,13-,14-,16-,17+,22-,23-,24-,25-/m0/s1. The predicted molar refractivity (Wildman–Crippen MR) is 126 cm³/mol. The molecule has 4 fully saturated rings. The highest BCUT2D eigenvalue weighted by atomic mass is 35.5. The van der Waals surface area contributed by atoms with Gasteiger partial charge in [0.15, 0.2) is 27.9 Å². The lowest BCUT2D eigenvalue weighted by atomic mass is 9.44. The average molecular weight is 517 g/mol. The highest BCUT2D eigenvalue weighted by Gasteiger charge is 2.80. The van der Waals surface area contributed by atoms with E-state index in [1.165, 1.54) is 19.1 Å². The molecule has 188 valence electrons. The lowest BCUT2D eigenvalue weighted by molar-refractivity contribution is -0.241. The van der Waals surface area contributed by atoms with E-state index in [2.05, 4.69) is 0 Å². The van der Waals surface area contributed by atoms with E-state index in [-0.39, 0.29) is 28.5 Å². The van der Waals surface area contributed by atoms with Crippen LogP contribution < -0.4 is 0 Å². The first-order chi connectivity index (χ1) is 15.7.